The molecule has 0 aliphatic heterocycles. The van der Waals surface area contributed by atoms with E-state index in [9.17, 15) is 0 Å². The molecule has 0 saturated heterocycles. The second-order valence-corrected chi connectivity index (χ2v) is 3.47. The Hall–Kier alpha value is -1.36. The summed E-state index contributed by atoms with van der Waals surface area (Å²) < 4.78 is 1.99. The lowest BCUT2D eigenvalue weighted by atomic mass is 10.3. The Morgan fingerprint density at radius 3 is 2.93 bits per heavy atom. The van der Waals surface area contributed by atoms with Crippen LogP contribution in [0.25, 0.3) is 0 Å². The van der Waals surface area contributed by atoms with Crippen molar-refractivity contribution in [3.8, 4) is 0 Å². The predicted molar refractivity (Wildman–Crippen MR) is 56.1 cm³/mol. The van der Waals surface area contributed by atoms with Crippen LogP contribution in [0.5, 0.6) is 0 Å². The smallest absolute Gasteiger partial charge is 0.122 e. The van der Waals surface area contributed by atoms with Gasteiger partial charge in [-0.2, -0.15) is 0 Å². The highest BCUT2D eigenvalue weighted by Crippen LogP contribution is 1.99. The molecule has 0 saturated carbocycles. The van der Waals surface area contributed by atoms with Gasteiger partial charge in [0.05, 0.1) is 12.4 Å². The number of hydrogen-bond acceptors (Lipinski definition) is 3. The number of hydrogen-bond donors (Lipinski definition) is 2. The molecule has 0 fully saturated rings. The summed E-state index contributed by atoms with van der Waals surface area (Å²) in [5, 5.41) is 7.11. The average molecular weight is 195 g/mol. The third-order valence-corrected chi connectivity index (χ3v) is 2.10. The summed E-state index contributed by atoms with van der Waals surface area (Å²) >= 11 is 0. The Morgan fingerprint density at radius 2 is 2.43 bits per heavy atom. The van der Waals surface area contributed by atoms with Crippen LogP contribution in [-0.4, -0.2) is 33.9 Å². The Kier molecular flexibility index (Phi) is 3.64. The topological polar surface area (TPSA) is 70.9 Å². The largest absolute Gasteiger partial charge is 0.388 e. The van der Waals surface area contributed by atoms with Crippen molar-refractivity contribution in [1.82, 2.24) is 14.5 Å². The molecule has 1 aromatic heterocycles. The monoisotopic (exact) mass is 195 g/mol. The molecule has 0 aliphatic carbocycles. The van der Waals surface area contributed by atoms with E-state index in [-0.39, 0.29) is 5.84 Å². The van der Waals surface area contributed by atoms with E-state index in [1.807, 2.05) is 24.9 Å². The molecule has 78 valence electrons. The van der Waals surface area contributed by atoms with Crippen LogP contribution in [0.2, 0.25) is 0 Å². The van der Waals surface area contributed by atoms with Crippen LogP contribution in [0.4, 0.5) is 0 Å². The quantitative estimate of drug-likeness (QED) is 0.520. The molecule has 0 atom stereocenters. The number of imidazole rings is 1. The van der Waals surface area contributed by atoms with Crippen LogP contribution < -0.4 is 5.73 Å². The van der Waals surface area contributed by atoms with Crippen LogP contribution >= 0.6 is 0 Å². The van der Waals surface area contributed by atoms with E-state index in [4.69, 9.17) is 11.1 Å². The number of nitrogens with two attached hydrogens (primary N) is 1. The molecule has 0 amide bonds. The van der Waals surface area contributed by atoms with Crippen molar-refractivity contribution in [3.05, 3.63) is 18.2 Å². The number of amidine groups is 1. The zero-order chi connectivity index (χ0) is 10.6. The standard InChI is InChI=1S/C9H17N5/c1-13(5-3-8(10)11)7-9-12-4-6-14(9)2/h4,6H,3,5,7H2,1-2H3,(H3,10,11). The van der Waals surface area contributed by atoms with Crippen LogP contribution in [0.15, 0.2) is 12.4 Å². The van der Waals surface area contributed by atoms with E-state index in [1.165, 1.54) is 0 Å². The molecule has 0 aromatic carbocycles. The van der Waals surface area contributed by atoms with Gasteiger partial charge in [-0.15, -0.1) is 0 Å². The van der Waals surface area contributed by atoms with Gasteiger partial charge < -0.3 is 10.3 Å². The van der Waals surface area contributed by atoms with Crippen molar-refractivity contribution in [2.24, 2.45) is 12.8 Å². The zero-order valence-electron chi connectivity index (χ0n) is 8.70. The molecule has 5 nitrogen and oxygen atoms in total. The summed E-state index contributed by atoms with van der Waals surface area (Å²) in [5.41, 5.74) is 5.28. The molecule has 1 heterocycles. The van der Waals surface area contributed by atoms with Gasteiger partial charge in [0.1, 0.15) is 5.82 Å². The molecule has 0 spiro atoms. The van der Waals surface area contributed by atoms with Crippen molar-refractivity contribution >= 4 is 5.84 Å². The fourth-order valence-electron chi connectivity index (χ4n) is 1.18. The van der Waals surface area contributed by atoms with Crippen molar-refractivity contribution < 1.29 is 0 Å². The van der Waals surface area contributed by atoms with E-state index in [0.29, 0.717) is 6.42 Å². The van der Waals surface area contributed by atoms with E-state index in [2.05, 4.69) is 9.88 Å². The number of aromatic nitrogens is 2. The SMILES string of the molecule is CN(CCC(=N)N)Cc1nccn1C. The second kappa shape index (κ2) is 4.76. The predicted octanol–water partition coefficient (Wildman–Crippen LogP) is 0.178. The summed E-state index contributed by atoms with van der Waals surface area (Å²) in [6, 6.07) is 0. The van der Waals surface area contributed by atoms with Gasteiger partial charge in [-0.3, -0.25) is 10.3 Å². The highest BCUT2D eigenvalue weighted by Gasteiger charge is 2.04. The van der Waals surface area contributed by atoms with E-state index in [1.54, 1.807) is 6.20 Å². The fraction of sp³-hybridized carbons (Fsp3) is 0.556. The van der Waals surface area contributed by atoms with Gasteiger partial charge in [-0.1, -0.05) is 0 Å². The van der Waals surface area contributed by atoms with Crippen molar-refractivity contribution in [2.45, 2.75) is 13.0 Å². The Balaban J connectivity index is 2.37. The summed E-state index contributed by atoms with van der Waals surface area (Å²) in [7, 11) is 3.97. The number of aryl methyl sites for hydroxylation is 1. The van der Waals surface area contributed by atoms with Crippen LogP contribution in [0, 0.1) is 5.41 Å². The Bertz CT molecular complexity index is 304. The van der Waals surface area contributed by atoms with E-state index in [0.717, 1.165) is 18.9 Å². The second-order valence-electron chi connectivity index (χ2n) is 3.47. The van der Waals surface area contributed by atoms with Gasteiger partial charge in [-0.25, -0.2) is 4.98 Å². The van der Waals surface area contributed by atoms with Crippen LogP contribution in [-0.2, 0) is 13.6 Å². The first-order valence-electron chi connectivity index (χ1n) is 4.57. The third-order valence-electron chi connectivity index (χ3n) is 2.10. The molecular formula is C9H17N5. The minimum atomic E-state index is 0.233. The van der Waals surface area contributed by atoms with E-state index < -0.39 is 0 Å². The van der Waals surface area contributed by atoms with Crippen molar-refractivity contribution in [3.63, 3.8) is 0 Å². The van der Waals surface area contributed by atoms with Crippen LogP contribution in [0.1, 0.15) is 12.2 Å². The molecule has 14 heavy (non-hydrogen) atoms. The summed E-state index contributed by atoms with van der Waals surface area (Å²) in [5.74, 6) is 1.26. The highest BCUT2D eigenvalue weighted by molar-refractivity contribution is 5.76. The Morgan fingerprint density at radius 1 is 1.71 bits per heavy atom. The van der Waals surface area contributed by atoms with Crippen molar-refractivity contribution in [1.29, 1.82) is 5.41 Å². The Labute approximate surface area is 84.0 Å². The first-order chi connectivity index (χ1) is 6.59. The van der Waals surface area contributed by atoms with Gasteiger partial charge >= 0.3 is 0 Å². The number of nitrogens with one attached hydrogen (secondary N) is 1. The molecule has 0 bridgehead atoms. The molecule has 3 N–H and O–H groups in total. The summed E-state index contributed by atoms with van der Waals surface area (Å²) in [6.07, 6.45) is 4.32. The first kappa shape index (κ1) is 10.7. The van der Waals surface area contributed by atoms with Gasteiger partial charge in [-0.05, 0) is 7.05 Å². The zero-order valence-corrected chi connectivity index (χ0v) is 8.70. The minimum Gasteiger partial charge on any atom is -0.388 e. The molecule has 1 rings (SSSR count). The first-order valence-corrected chi connectivity index (χ1v) is 4.57. The van der Waals surface area contributed by atoms with Gasteiger partial charge in [0.15, 0.2) is 0 Å². The van der Waals surface area contributed by atoms with E-state index >= 15 is 0 Å². The van der Waals surface area contributed by atoms with Gasteiger partial charge in [0.2, 0.25) is 0 Å². The van der Waals surface area contributed by atoms with Crippen LogP contribution in [0.3, 0.4) is 0 Å². The maximum atomic E-state index is 7.11. The van der Waals surface area contributed by atoms with Gasteiger partial charge in [0, 0.05) is 32.4 Å². The molecular weight excluding hydrogens is 178 g/mol. The molecule has 0 radical (unpaired) electrons. The number of rotatable bonds is 5. The maximum absolute atomic E-state index is 7.11. The highest BCUT2D eigenvalue weighted by atomic mass is 15.1. The minimum absolute atomic E-state index is 0.233. The average Bonchev–Trinajstić information content (AvgIpc) is 2.49. The lowest BCUT2D eigenvalue weighted by molar-refractivity contribution is 0.324. The molecule has 5 heteroatoms. The third kappa shape index (κ3) is 3.18. The lowest BCUT2D eigenvalue weighted by Crippen LogP contribution is -2.25. The molecule has 0 unspecified atom stereocenters. The molecule has 1 aromatic rings. The summed E-state index contributed by atoms with van der Waals surface area (Å²) in [6.45, 7) is 1.58. The lowest BCUT2D eigenvalue weighted by Gasteiger charge is -2.15. The maximum Gasteiger partial charge on any atom is 0.122 e. The van der Waals surface area contributed by atoms with Crippen molar-refractivity contribution in [2.75, 3.05) is 13.6 Å². The number of nitrogens with zero attached hydrogens (tertiary/aromatic N) is 3. The normalized spacial score (nSPS) is 10.8. The fourth-order valence-corrected chi connectivity index (χ4v) is 1.18. The molecule has 0 aliphatic rings. The summed E-state index contributed by atoms with van der Waals surface area (Å²) in [4.78, 5) is 6.32. The van der Waals surface area contributed by atoms with Gasteiger partial charge in [0.25, 0.3) is 0 Å².